The second kappa shape index (κ2) is 9.60. The minimum absolute atomic E-state index is 0.524. The largest absolute Gasteiger partial charge is 0.298 e. The number of hydrogen-bond donors (Lipinski definition) is 1. The number of hydrogen-bond acceptors (Lipinski definition) is 5. The van der Waals surface area contributed by atoms with E-state index >= 15 is 0 Å². The van der Waals surface area contributed by atoms with E-state index in [1.54, 1.807) is 0 Å². The molecule has 2 saturated heterocycles. The minimum atomic E-state index is 0.524. The average Bonchev–Trinajstić information content (AvgIpc) is 2.57. The van der Waals surface area contributed by atoms with Crippen molar-refractivity contribution in [3.63, 3.8) is 0 Å². The fourth-order valence-electron chi connectivity index (χ4n) is 5.24. The Morgan fingerprint density at radius 1 is 0.808 bits per heavy atom. The van der Waals surface area contributed by atoms with Crippen molar-refractivity contribution in [1.29, 1.82) is 0 Å². The Bertz CT molecular complexity index is 420. The molecule has 2 rings (SSSR count). The van der Waals surface area contributed by atoms with Crippen LogP contribution in [0.15, 0.2) is 0 Å². The molecule has 0 saturated carbocycles. The van der Waals surface area contributed by atoms with Crippen molar-refractivity contribution in [1.82, 2.24) is 19.0 Å². The summed E-state index contributed by atoms with van der Waals surface area (Å²) in [7, 11) is 0. The Balaban J connectivity index is 1.87. The zero-order valence-electron chi connectivity index (χ0n) is 18.5. The highest BCUT2D eigenvalue weighted by Gasteiger charge is 2.35. The Morgan fingerprint density at radius 3 is 1.88 bits per heavy atom. The minimum Gasteiger partial charge on any atom is -0.298 e. The lowest BCUT2D eigenvalue weighted by Crippen LogP contribution is -2.60. The molecule has 5 heteroatoms. The van der Waals surface area contributed by atoms with Crippen LogP contribution in [-0.4, -0.2) is 87.5 Å². The van der Waals surface area contributed by atoms with E-state index in [4.69, 9.17) is 0 Å². The van der Waals surface area contributed by atoms with E-state index in [0.29, 0.717) is 42.3 Å². The lowest BCUT2D eigenvalue weighted by molar-refractivity contribution is -0.00735. The number of piperazine rings is 2. The summed E-state index contributed by atoms with van der Waals surface area (Å²) in [5.41, 5.74) is 0. The van der Waals surface area contributed by atoms with Crippen molar-refractivity contribution in [2.45, 2.75) is 111 Å². The van der Waals surface area contributed by atoms with Crippen LogP contribution in [0.5, 0.6) is 0 Å². The predicted molar refractivity (Wildman–Crippen MR) is 117 cm³/mol. The summed E-state index contributed by atoms with van der Waals surface area (Å²) in [4.78, 5) is 8.12. The van der Waals surface area contributed by atoms with E-state index in [1.165, 1.54) is 25.9 Å². The first-order valence-corrected chi connectivity index (χ1v) is 11.3. The van der Waals surface area contributed by atoms with Crippen LogP contribution < -0.4 is 0 Å². The van der Waals surface area contributed by atoms with Gasteiger partial charge in [0, 0.05) is 68.5 Å². The highest BCUT2D eigenvalue weighted by atomic mass is 32.1. The molecular formula is C21H44N4S. The third-order valence-electron chi connectivity index (χ3n) is 7.10. The second-order valence-corrected chi connectivity index (χ2v) is 9.86. The van der Waals surface area contributed by atoms with Crippen molar-refractivity contribution in [2.24, 2.45) is 0 Å². The van der Waals surface area contributed by atoms with E-state index < -0.39 is 0 Å². The molecular weight excluding hydrogens is 340 g/mol. The Morgan fingerprint density at radius 2 is 1.35 bits per heavy atom. The van der Waals surface area contributed by atoms with Gasteiger partial charge < -0.3 is 0 Å². The summed E-state index contributed by atoms with van der Waals surface area (Å²) in [6.45, 7) is 23.7. The van der Waals surface area contributed by atoms with E-state index in [1.807, 2.05) is 0 Å². The molecule has 0 bridgehead atoms. The zero-order valence-corrected chi connectivity index (χ0v) is 19.4. The van der Waals surface area contributed by atoms with Crippen LogP contribution in [-0.2, 0) is 0 Å². The van der Waals surface area contributed by atoms with Gasteiger partial charge in [0.2, 0.25) is 0 Å². The molecule has 0 aromatic heterocycles. The number of rotatable bonds is 6. The Labute approximate surface area is 168 Å². The zero-order chi connectivity index (χ0) is 19.6. The summed E-state index contributed by atoms with van der Waals surface area (Å²) in [6, 6.07) is 4.38. The van der Waals surface area contributed by atoms with Crippen LogP contribution in [0.4, 0.5) is 0 Å². The lowest BCUT2D eigenvalue weighted by Gasteiger charge is -2.49. The third-order valence-corrected chi connectivity index (χ3v) is 7.67. The van der Waals surface area contributed by atoms with Gasteiger partial charge >= 0.3 is 0 Å². The highest BCUT2D eigenvalue weighted by Crippen LogP contribution is 2.26. The molecule has 6 atom stereocenters. The number of thiol groups is 1. The predicted octanol–water partition coefficient (Wildman–Crippen LogP) is 3.59. The van der Waals surface area contributed by atoms with Crippen molar-refractivity contribution >= 4 is 12.8 Å². The van der Waals surface area contributed by atoms with Gasteiger partial charge in [0.1, 0.15) is 0 Å². The molecule has 0 amide bonds. The maximum absolute atomic E-state index is 4.62. The number of nitrogens with zero attached hydrogens (tertiary/aromatic N) is 4. The molecule has 2 heterocycles. The van der Waals surface area contributed by atoms with Gasteiger partial charge in [-0.05, 0) is 68.2 Å². The molecule has 0 aromatic rings. The topological polar surface area (TPSA) is 13.0 Å². The molecule has 26 heavy (non-hydrogen) atoms. The van der Waals surface area contributed by atoms with Gasteiger partial charge in [-0.15, -0.1) is 0 Å². The van der Waals surface area contributed by atoms with E-state index in [-0.39, 0.29) is 0 Å². The van der Waals surface area contributed by atoms with Gasteiger partial charge in [-0.1, -0.05) is 12.8 Å². The van der Waals surface area contributed by atoms with E-state index in [0.717, 1.165) is 13.1 Å². The second-order valence-electron chi connectivity index (χ2n) is 9.35. The summed E-state index contributed by atoms with van der Waals surface area (Å²) < 4.78 is 2.20. The van der Waals surface area contributed by atoms with Crippen molar-refractivity contribution in [2.75, 3.05) is 26.2 Å². The summed E-state index contributed by atoms with van der Waals surface area (Å²) in [5.74, 6) is 0. The van der Waals surface area contributed by atoms with Crippen LogP contribution >= 0.6 is 12.8 Å². The first-order valence-electron chi connectivity index (χ1n) is 10.9. The first-order chi connectivity index (χ1) is 12.1. The molecule has 6 unspecified atom stereocenters. The molecule has 0 aromatic carbocycles. The van der Waals surface area contributed by atoms with Gasteiger partial charge in [-0.2, -0.15) is 0 Å². The quantitative estimate of drug-likeness (QED) is 0.703. The molecule has 2 aliphatic rings. The molecule has 154 valence electrons. The summed E-state index contributed by atoms with van der Waals surface area (Å²) >= 11 is 4.62. The normalized spacial score (nSPS) is 35.8. The average molecular weight is 385 g/mol. The van der Waals surface area contributed by atoms with Gasteiger partial charge in [-0.3, -0.25) is 14.7 Å². The molecule has 4 nitrogen and oxygen atoms in total. The van der Waals surface area contributed by atoms with Gasteiger partial charge in [-0.25, -0.2) is 4.31 Å². The maximum atomic E-state index is 4.62. The monoisotopic (exact) mass is 384 g/mol. The Kier molecular flexibility index (Phi) is 8.30. The van der Waals surface area contributed by atoms with Gasteiger partial charge in [0.05, 0.1) is 0 Å². The lowest BCUT2D eigenvalue weighted by atomic mass is 9.97. The highest BCUT2D eigenvalue weighted by molar-refractivity contribution is 7.77. The van der Waals surface area contributed by atoms with Crippen LogP contribution in [0.25, 0.3) is 0 Å². The van der Waals surface area contributed by atoms with Crippen molar-refractivity contribution < 1.29 is 0 Å². The molecule has 0 spiro atoms. The fraction of sp³-hybridized carbons (Fsp3) is 1.00. The standard InChI is InChI=1S/C21H44N4S/c1-15(2)22-13-18(5)25(19(6)14-22)17(4)10-9-16(3)23-11-12-24(26)21(8)20(23)7/h15-21,26H,9-14H2,1-8H3. The van der Waals surface area contributed by atoms with Gasteiger partial charge in [0.25, 0.3) is 0 Å². The SMILES string of the molecule is CC1C(C)N(C(C)CCC(C)N2C(C)CN(C(C)C)CC2C)CCN1S. The molecule has 2 aliphatic heterocycles. The van der Waals surface area contributed by atoms with Crippen LogP contribution in [0.3, 0.4) is 0 Å². The fourth-order valence-corrected chi connectivity index (χ4v) is 5.52. The van der Waals surface area contributed by atoms with E-state index in [9.17, 15) is 0 Å². The molecule has 0 radical (unpaired) electrons. The van der Waals surface area contributed by atoms with E-state index in [2.05, 4.69) is 87.2 Å². The van der Waals surface area contributed by atoms with Crippen LogP contribution in [0.1, 0.15) is 68.2 Å². The summed E-state index contributed by atoms with van der Waals surface area (Å²) in [5, 5.41) is 0. The smallest absolute Gasteiger partial charge is 0.0325 e. The Hall–Kier alpha value is 0.190. The van der Waals surface area contributed by atoms with Gasteiger partial charge in [0.15, 0.2) is 0 Å². The van der Waals surface area contributed by atoms with Crippen LogP contribution in [0.2, 0.25) is 0 Å². The van der Waals surface area contributed by atoms with Crippen molar-refractivity contribution in [3.05, 3.63) is 0 Å². The molecule has 0 aliphatic carbocycles. The van der Waals surface area contributed by atoms with Crippen molar-refractivity contribution in [3.8, 4) is 0 Å². The molecule has 2 fully saturated rings. The van der Waals surface area contributed by atoms with Crippen LogP contribution in [0, 0.1) is 0 Å². The first kappa shape index (κ1) is 22.5. The maximum Gasteiger partial charge on any atom is 0.0325 e. The third kappa shape index (κ3) is 5.16. The molecule has 0 N–H and O–H groups in total. The summed E-state index contributed by atoms with van der Waals surface area (Å²) in [6.07, 6.45) is 2.58.